The molecule has 4 nitrogen and oxygen atoms in total. The molecule has 7 heteroatoms. The van der Waals surface area contributed by atoms with E-state index in [4.69, 9.17) is 37.4 Å². The van der Waals surface area contributed by atoms with Crippen molar-refractivity contribution in [3.05, 3.63) is 87.2 Å². The van der Waals surface area contributed by atoms with Crippen LogP contribution in [0.15, 0.2) is 54.6 Å². The molecule has 0 fully saturated rings. The van der Waals surface area contributed by atoms with Crippen LogP contribution in [0.3, 0.4) is 0 Å². The highest BCUT2D eigenvalue weighted by Crippen LogP contribution is 2.32. The number of halogens is 3. The summed E-state index contributed by atoms with van der Waals surface area (Å²) in [5.74, 6) is 1.73. The van der Waals surface area contributed by atoms with Crippen molar-refractivity contribution < 1.29 is 18.6 Å². The van der Waals surface area contributed by atoms with Crippen molar-refractivity contribution in [1.82, 2.24) is 5.32 Å². The van der Waals surface area contributed by atoms with Crippen LogP contribution in [-0.2, 0) is 19.7 Å². The molecule has 3 aromatic carbocycles. The SMILES string of the molecule is Fc1cccc(Cl)c1COc1ccc(Cl)cc1CNCc1ccc2c(c1)OCO2. The molecule has 0 unspecified atom stereocenters. The minimum absolute atomic E-state index is 0.0301. The molecule has 0 amide bonds. The molecular weight excluding hydrogens is 416 g/mol. The molecule has 3 aromatic rings. The van der Waals surface area contributed by atoms with Gasteiger partial charge in [0.2, 0.25) is 6.79 Å². The summed E-state index contributed by atoms with van der Waals surface area (Å²) in [4.78, 5) is 0. The molecule has 0 atom stereocenters. The van der Waals surface area contributed by atoms with Gasteiger partial charge in [-0.2, -0.15) is 0 Å². The molecule has 0 aliphatic carbocycles. The fourth-order valence-corrected chi connectivity index (χ4v) is 3.45. The van der Waals surface area contributed by atoms with Crippen LogP contribution in [0.2, 0.25) is 10.0 Å². The quantitative estimate of drug-likeness (QED) is 0.516. The lowest BCUT2D eigenvalue weighted by Crippen LogP contribution is -2.14. The maximum atomic E-state index is 14.0. The first-order chi connectivity index (χ1) is 14.1. The second-order valence-electron chi connectivity index (χ2n) is 6.53. The summed E-state index contributed by atoms with van der Waals surface area (Å²) in [6.07, 6.45) is 0. The molecule has 0 radical (unpaired) electrons. The zero-order chi connectivity index (χ0) is 20.2. The summed E-state index contributed by atoms with van der Waals surface area (Å²) < 4.78 is 30.6. The highest BCUT2D eigenvalue weighted by molar-refractivity contribution is 6.31. The van der Waals surface area contributed by atoms with Crippen molar-refractivity contribution >= 4 is 23.2 Å². The number of ether oxygens (including phenoxy) is 3. The van der Waals surface area contributed by atoms with Crippen LogP contribution in [-0.4, -0.2) is 6.79 Å². The lowest BCUT2D eigenvalue weighted by molar-refractivity contribution is 0.174. The molecule has 1 N–H and O–H groups in total. The van der Waals surface area contributed by atoms with E-state index in [1.165, 1.54) is 6.07 Å². The standard InChI is InChI=1S/C22H18Cl2FNO3/c23-16-5-7-20(27-12-17-18(24)2-1-3-19(17)25)15(9-16)11-26-10-14-4-6-21-22(8-14)29-13-28-21/h1-9,26H,10-13H2. The van der Waals surface area contributed by atoms with Gasteiger partial charge in [-0.3, -0.25) is 0 Å². The molecular formula is C22H18Cl2FNO3. The van der Waals surface area contributed by atoms with E-state index in [-0.39, 0.29) is 13.4 Å². The van der Waals surface area contributed by atoms with Gasteiger partial charge in [-0.25, -0.2) is 4.39 Å². The van der Waals surface area contributed by atoms with Gasteiger partial charge in [0.05, 0.1) is 5.02 Å². The van der Waals surface area contributed by atoms with E-state index in [1.54, 1.807) is 24.3 Å². The summed E-state index contributed by atoms with van der Waals surface area (Å²) in [7, 11) is 0. The Morgan fingerprint density at radius 2 is 1.83 bits per heavy atom. The van der Waals surface area contributed by atoms with Crippen LogP contribution in [0, 0.1) is 5.82 Å². The van der Waals surface area contributed by atoms with Crippen molar-refractivity contribution in [3.63, 3.8) is 0 Å². The normalized spacial score (nSPS) is 12.2. The molecule has 1 aliphatic rings. The molecule has 0 aromatic heterocycles. The fourth-order valence-electron chi connectivity index (χ4n) is 3.04. The van der Waals surface area contributed by atoms with Gasteiger partial charge in [0.15, 0.2) is 11.5 Å². The summed E-state index contributed by atoms with van der Waals surface area (Å²) in [6, 6.07) is 15.7. The van der Waals surface area contributed by atoms with Crippen LogP contribution in [0.1, 0.15) is 16.7 Å². The largest absolute Gasteiger partial charge is 0.488 e. The van der Waals surface area contributed by atoms with Crippen molar-refractivity contribution in [2.24, 2.45) is 0 Å². The lowest BCUT2D eigenvalue weighted by Gasteiger charge is -2.14. The third kappa shape index (κ3) is 4.75. The van der Waals surface area contributed by atoms with Crippen LogP contribution >= 0.6 is 23.2 Å². The van der Waals surface area contributed by atoms with Gasteiger partial charge >= 0.3 is 0 Å². The van der Waals surface area contributed by atoms with Gasteiger partial charge in [0.1, 0.15) is 18.2 Å². The summed E-state index contributed by atoms with van der Waals surface area (Å²) >= 11 is 12.2. The highest BCUT2D eigenvalue weighted by atomic mass is 35.5. The summed E-state index contributed by atoms with van der Waals surface area (Å²) in [5, 5.41) is 4.30. The Morgan fingerprint density at radius 3 is 2.69 bits per heavy atom. The maximum absolute atomic E-state index is 14.0. The predicted octanol–water partition coefficient (Wildman–Crippen LogP) is 5.73. The van der Waals surface area contributed by atoms with Gasteiger partial charge in [-0.05, 0) is 48.0 Å². The average Bonchev–Trinajstić information content (AvgIpc) is 3.17. The zero-order valence-corrected chi connectivity index (χ0v) is 16.9. The molecule has 0 bridgehead atoms. The molecule has 29 heavy (non-hydrogen) atoms. The lowest BCUT2D eigenvalue weighted by atomic mass is 10.1. The van der Waals surface area contributed by atoms with Crippen LogP contribution < -0.4 is 19.5 Å². The third-order valence-corrected chi connectivity index (χ3v) is 5.13. The van der Waals surface area contributed by atoms with E-state index < -0.39 is 5.82 Å². The fraction of sp³-hybridized carbons (Fsp3) is 0.182. The number of fused-ring (bicyclic) bond motifs is 1. The smallest absolute Gasteiger partial charge is 0.231 e. The van der Waals surface area contributed by atoms with Crippen molar-refractivity contribution in [2.75, 3.05) is 6.79 Å². The van der Waals surface area contributed by atoms with Crippen molar-refractivity contribution in [3.8, 4) is 17.2 Å². The van der Waals surface area contributed by atoms with Gasteiger partial charge in [-0.15, -0.1) is 0 Å². The Balaban J connectivity index is 1.41. The van der Waals surface area contributed by atoms with Gasteiger partial charge in [-0.1, -0.05) is 35.3 Å². The Kier molecular flexibility index (Phi) is 6.09. The minimum Gasteiger partial charge on any atom is -0.488 e. The zero-order valence-electron chi connectivity index (χ0n) is 15.4. The van der Waals surface area contributed by atoms with Crippen molar-refractivity contribution in [1.29, 1.82) is 0 Å². The summed E-state index contributed by atoms with van der Waals surface area (Å²) in [5.41, 5.74) is 2.26. The Bertz CT molecular complexity index is 1010. The second-order valence-corrected chi connectivity index (χ2v) is 7.38. The molecule has 0 saturated heterocycles. The van der Waals surface area contributed by atoms with Crippen LogP contribution in [0.5, 0.6) is 17.2 Å². The number of benzene rings is 3. The maximum Gasteiger partial charge on any atom is 0.231 e. The topological polar surface area (TPSA) is 39.7 Å². The molecule has 0 saturated carbocycles. The average molecular weight is 434 g/mol. The molecule has 4 rings (SSSR count). The summed E-state index contributed by atoms with van der Waals surface area (Å²) in [6.45, 7) is 1.43. The van der Waals surface area contributed by atoms with Crippen LogP contribution in [0.25, 0.3) is 0 Å². The van der Waals surface area contributed by atoms with E-state index in [2.05, 4.69) is 5.32 Å². The van der Waals surface area contributed by atoms with E-state index in [1.807, 2.05) is 24.3 Å². The number of hydrogen-bond acceptors (Lipinski definition) is 4. The van der Waals surface area contributed by atoms with Gasteiger partial charge < -0.3 is 19.5 Å². The van der Waals surface area contributed by atoms with E-state index in [0.717, 1.165) is 22.6 Å². The second kappa shape index (κ2) is 8.91. The molecule has 0 spiro atoms. The Labute approximate surface area is 178 Å². The van der Waals surface area contributed by atoms with Crippen molar-refractivity contribution in [2.45, 2.75) is 19.7 Å². The molecule has 150 valence electrons. The number of hydrogen-bond donors (Lipinski definition) is 1. The van der Waals surface area contributed by atoms with E-state index in [0.29, 0.717) is 34.4 Å². The molecule has 1 heterocycles. The van der Waals surface area contributed by atoms with E-state index in [9.17, 15) is 4.39 Å². The molecule has 1 aliphatic heterocycles. The predicted molar refractivity (Wildman–Crippen MR) is 110 cm³/mol. The minimum atomic E-state index is -0.394. The van der Waals surface area contributed by atoms with Gasteiger partial charge in [0, 0.05) is 29.2 Å². The Hall–Kier alpha value is -2.47. The van der Waals surface area contributed by atoms with Gasteiger partial charge in [0.25, 0.3) is 0 Å². The third-order valence-electron chi connectivity index (χ3n) is 4.54. The monoisotopic (exact) mass is 433 g/mol. The Morgan fingerprint density at radius 1 is 0.966 bits per heavy atom. The first kappa shape index (κ1) is 19.8. The number of rotatable bonds is 7. The first-order valence-corrected chi connectivity index (χ1v) is 9.79. The van der Waals surface area contributed by atoms with E-state index >= 15 is 0 Å². The first-order valence-electron chi connectivity index (χ1n) is 9.03. The number of nitrogens with one attached hydrogen (secondary N) is 1. The highest BCUT2D eigenvalue weighted by Gasteiger charge is 2.13. The van der Waals surface area contributed by atoms with Crippen LogP contribution in [0.4, 0.5) is 4.39 Å².